The Morgan fingerprint density at radius 2 is 0.616 bits per heavy atom. The monoisotopic (exact) mass is 1610 g/mol. The third-order valence-corrected chi connectivity index (χ3v) is 27.7. The van der Waals surface area contributed by atoms with Gasteiger partial charge >= 0.3 is 0 Å². The number of nitrogens with one attached hydrogen (secondary N) is 4. The maximum absolute atomic E-state index is 13.5. The van der Waals surface area contributed by atoms with Crippen molar-refractivity contribution in [2.45, 2.75) is 155 Å². The van der Waals surface area contributed by atoms with Crippen molar-refractivity contribution in [3.8, 4) is 0 Å². The van der Waals surface area contributed by atoms with Gasteiger partial charge in [0, 0.05) is 97.4 Å². The Labute approximate surface area is 653 Å². The van der Waals surface area contributed by atoms with Gasteiger partial charge < -0.3 is 44.2 Å². The predicted molar refractivity (Wildman–Crippen MR) is 432 cm³/mol. The van der Waals surface area contributed by atoms with Gasteiger partial charge in [0.25, 0.3) is 23.6 Å². The highest BCUT2D eigenvalue weighted by Crippen LogP contribution is 2.41. The summed E-state index contributed by atoms with van der Waals surface area (Å²) in [6.07, 6.45) is 12.8. The Bertz CT molecular complexity index is 5120. The van der Waals surface area contributed by atoms with Crippen molar-refractivity contribution in [3.05, 3.63) is 162 Å². The largest absolute Gasteiger partial charge is 0.385 e. The van der Waals surface area contributed by atoms with Crippen molar-refractivity contribution in [2.75, 3.05) is 122 Å². The van der Waals surface area contributed by atoms with Crippen molar-refractivity contribution in [2.24, 2.45) is 0 Å². The zero-order valence-corrected chi connectivity index (χ0v) is 67.7. The lowest BCUT2D eigenvalue weighted by Crippen LogP contribution is -2.37. The van der Waals surface area contributed by atoms with E-state index in [1.807, 2.05) is 24.3 Å². The van der Waals surface area contributed by atoms with Crippen LogP contribution < -0.4 is 44.2 Å². The van der Waals surface area contributed by atoms with E-state index in [0.29, 0.717) is 150 Å². The number of aromatic nitrogens is 8. The van der Waals surface area contributed by atoms with Gasteiger partial charge in [-0.05, 0) is 146 Å². The van der Waals surface area contributed by atoms with Gasteiger partial charge in [-0.2, -0.15) is 46.6 Å². The molecule has 4 aromatic carbocycles. The quantitative estimate of drug-likeness (QED) is 0.0661. The maximum Gasteiger partial charge on any atom is 0.256 e. The minimum Gasteiger partial charge on any atom is -0.385 e. The lowest BCUT2D eigenvalue weighted by Gasteiger charge is -2.28. The number of carbonyl (C=O) groups is 4. The number of nitrogen functional groups attached to an aromatic ring is 4. The fourth-order valence-corrected chi connectivity index (χ4v) is 19.3. The van der Waals surface area contributed by atoms with E-state index in [9.17, 15) is 52.8 Å². The molecule has 0 saturated heterocycles. The van der Waals surface area contributed by atoms with Gasteiger partial charge in [0.15, 0.2) is 0 Å². The summed E-state index contributed by atoms with van der Waals surface area (Å²) in [4.78, 5) is 53.5. The average Bonchev–Trinajstić information content (AvgIpc) is 1.63. The van der Waals surface area contributed by atoms with Gasteiger partial charge in [0.05, 0.1) is 97.6 Å². The molecule has 8 aromatic rings. The topological polar surface area (TPSA) is 441 Å². The number of hydrogen-bond acceptors (Lipinski definition) is 24. The minimum absolute atomic E-state index is 0.122. The highest BCUT2D eigenvalue weighted by atomic mass is 32.2. The fourth-order valence-electron chi connectivity index (χ4n) is 16.2. The summed E-state index contributed by atoms with van der Waals surface area (Å²) in [6.45, 7) is 13.2. The molecule has 8 aliphatic heterocycles. The molecular weight excluding hydrogens is 1510 g/mol. The number of rotatable bonds is 12. The van der Waals surface area contributed by atoms with Gasteiger partial charge in [0.2, 0.25) is 40.1 Å². The number of fused-ring (bicyclic) bond motifs is 8. The standard InChI is InChI=1S/4C19H25N5O3S/c1-3-12-4-5-16-15(10-12)13(6-8-21-16)19(25)24-17-11-23(28(2,26)27)9-7-14(17)18(20)22-24;3*1-3-12-4-5-16-15(10-12)13(6-8-21-16)19(25)24-18(20)14-7-9-23(28(2,26)27)11-17(14)22-24/h4-5,10,13,21H,3,6-9,11H2,1-2H3,(H2,20,22);3*4-5,10,13,21H,3,6-9,11,20H2,1-2H3/t;13-;;/m.0../s1. The molecule has 12 heterocycles. The molecule has 4 aromatic heterocycles. The van der Waals surface area contributed by atoms with Gasteiger partial charge in [-0.25, -0.2) is 38.4 Å². The van der Waals surface area contributed by atoms with E-state index in [2.05, 4.69) is 118 Å². The van der Waals surface area contributed by atoms with Crippen LogP contribution in [-0.2, 0) is 118 Å². The fraction of sp³-hybridized carbons (Fsp3) is 0.474. The number of sulfonamides is 4. The third kappa shape index (κ3) is 16.4. The number of carbonyl (C=O) groups excluding carboxylic acids is 4. The van der Waals surface area contributed by atoms with Crippen LogP contribution in [-0.4, -0.2) is 191 Å². The van der Waals surface area contributed by atoms with Crippen LogP contribution in [0.5, 0.6) is 0 Å². The molecule has 12 N–H and O–H groups in total. The van der Waals surface area contributed by atoms with Crippen LogP contribution in [0.15, 0.2) is 72.8 Å². The number of aryl methyl sites for hydroxylation is 4. The molecule has 0 radical (unpaired) electrons. The molecule has 0 bridgehead atoms. The second kappa shape index (κ2) is 32.1. The Hall–Kier alpha value is -9.56. The third-order valence-electron chi connectivity index (χ3n) is 22.7. The normalized spacial score (nSPS) is 19.6. The predicted octanol–water partition coefficient (Wildman–Crippen LogP) is 6.34. The molecule has 0 amide bonds. The van der Waals surface area contributed by atoms with Crippen molar-refractivity contribution in [1.29, 1.82) is 0 Å². The SMILES string of the molecule is CCc1ccc2c(c1)C(C(=O)n1nc(N)c3c1CN(S(C)(=O)=O)CC3)CCN2.CCc1ccc2c(c1)C(C(=O)n1nc3c(c1N)CCN(S(C)(=O)=O)C3)CCN2.CCc1ccc2c(c1)C(C(=O)n1nc3c(c1N)CCN(S(C)(=O)=O)C3)CCN2.CCc1ccc2c(c1)[C@@H](C(=O)n1nc3c(c1N)CCN(S(C)(=O)=O)C3)CCN2. The van der Waals surface area contributed by atoms with Crippen molar-refractivity contribution < 1.29 is 52.8 Å². The summed E-state index contributed by atoms with van der Waals surface area (Å²) in [5.74, 6) is -0.615. The zero-order valence-electron chi connectivity index (χ0n) is 64.4. The number of nitrogens with two attached hydrogens (primary N) is 4. The summed E-state index contributed by atoms with van der Waals surface area (Å²) in [6, 6.07) is 24.7. The van der Waals surface area contributed by atoms with E-state index in [1.54, 1.807) is 0 Å². The number of nitrogens with zero attached hydrogens (tertiary/aromatic N) is 12. The first kappa shape index (κ1) is 80.5. The van der Waals surface area contributed by atoms with Crippen molar-refractivity contribution >= 4 is 110 Å². The van der Waals surface area contributed by atoms with Crippen LogP contribution in [0.3, 0.4) is 0 Å². The van der Waals surface area contributed by atoms with Gasteiger partial charge in [0.1, 0.15) is 23.3 Å². The zero-order chi connectivity index (χ0) is 80.2. The van der Waals surface area contributed by atoms with Crippen molar-refractivity contribution in [1.82, 2.24) is 56.3 Å². The van der Waals surface area contributed by atoms with Gasteiger partial charge in [-0.15, -0.1) is 5.10 Å². The molecule has 0 fully saturated rings. The summed E-state index contributed by atoms with van der Waals surface area (Å²) in [5.41, 5.74) is 42.7. The molecule has 8 aliphatic rings. The van der Waals surface area contributed by atoms with E-state index in [1.165, 1.54) is 83.2 Å². The smallest absolute Gasteiger partial charge is 0.256 e. The average molecular weight is 1610 g/mol. The molecule has 16 rings (SSSR count). The second-order valence-corrected chi connectivity index (χ2v) is 37.7. The van der Waals surface area contributed by atoms with Gasteiger partial charge in [-0.1, -0.05) is 76.2 Å². The first-order chi connectivity index (χ1) is 53.2. The summed E-state index contributed by atoms with van der Waals surface area (Å²) >= 11 is 0. The minimum atomic E-state index is -3.35. The Morgan fingerprint density at radius 3 is 0.875 bits per heavy atom. The van der Waals surface area contributed by atoms with Crippen LogP contribution in [0.25, 0.3) is 0 Å². The van der Waals surface area contributed by atoms with Gasteiger partial charge in [-0.3, -0.25) is 19.2 Å². The van der Waals surface area contributed by atoms with E-state index >= 15 is 0 Å². The van der Waals surface area contributed by atoms with Crippen LogP contribution in [0.1, 0.15) is 186 Å². The van der Waals surface area contributed by atoms with Crippen LogP contribution >= 0.6 is 0 Å². The molecule has 4 atom stereocenters. The number of benzene rings is 4. The molecule has 3 unspecified atom stereocenters. The van der Waals surface area contributed by atoms with Crippen LogP contribution in [0.4, 0.5) is 46.0 Å². The van der Waals surface area contributed by atoms with E-state index in [0.717, 1.165) is 92.9 Å². The molecule has 0 saturated carbocycles. The molecule has 36 heteroatoms. The first-order valence-electron chi connectivity index (χ1n) is 38.1. The lowest BCUT2D eigenvalue weighted by atomic mass is 9.88. The molecular formula is C76H100N20O12S4. The summed E-state index contributed by atoms with van der Waals surface area (Å²) in [7, 11) is -13.3. The van der Waals surface area contributed by atoms with Crippen molar-refractivity contribution in [3.63, 3.8) is 0 Å². The second-order valence-electron chi connectivity index (χ2n) is 29.8. The summed E-state index contributed by atoms with van der Waals surface area (Å²) < 4.78 is 106. The van der Waals surface area contributed by atoms with E-state index in [4.69, 9.17) is 22.9 Å². The molecule has 112 heavy (non-hydrogen) atoms. The Balaban J connectivity index is 0.000000131. The highest BCUT2D eigenvalue weighted by Gasteiger charge is 2.40. The first-order valence-corrected chi connectivity index (χ1v) is 45.5. The Morgan fingerprint density at radius 1 is 0.366 bits per heavy atom. The number of hydrogen-bond donors (Lipinski definition) is 8. The molecule has 32 nitrogen and oxygen atoms in total. The Kier molecular flexibility index (Phi) is 23.1. The highest BCUT2D eigenvalue weighted by molar-refractivity contribution is 7.89. The van der Waals surface area contributed by atoms with Crippen LogP contribution in [0.2, 0.25) is 0 Å². The number of anilines is 8. The molecule has 0 spiro atoms. The lowest BCUT2D eigenvalue weighted by molar-refractivity contribution is 0.0844. The van der Waals surface area contributed by atoms with E-state index in [-0.39, 0.29) is 73.5 Å². The molecule has 600 valence electrons. The maximum atomic E-state index is 13.5. The van der Waals surface area contributed by atoms with E-state index < -0.39 is 40.1 Å². The summed E-state index contributed by atoms with van der Waals surface area (Å²) in [5, 5.41) is 31.0. The van der Waals surface area contributed by atoms with Crippen LogP contribution in [0, 0.1) is 0 Å². The molecule has 0 aliphatic carbocycles.